The highest BCUT2D eigenvalue weighted by atomic mass is 127. The third-order valence-electron chi connectivity index (χ3n) is 2.70. The van der Waals surface area contributed by atoms with Crippen molar-refractivity contribution in [2.24, 2.45) is 4.99 Å². The first-order chi connectivity index (χ1) is 8.06. The number of nitrogens with zero attached hydrogens (tertiary/aromatic N) is 2. The Bertz CT molecular complexity index is 370. The fourth-order valence-electron chi connectivity index (χ4n) is 1.30. The molecule has 0 spiro atoms. The van der Waals surface area contributed by atoms with Crippen molar-refractivity contribution in [2.75, 3.05) is 7.05 Å². The molecule has 0 fully saturated rings. The summed E-state index contributed by atoms with van der Waals surface area (Å²) in [6.45, 7) is 9.17. The van der Waals surface area contributed by atoms with Gasteiger partial charge in [-0.05, 0) is 27.2 Å². The number of rotatable bonds is 4. The minimum absolute atomic E-state index is 0. The molecule has 0 radical (unpaired) electrons. The van der Waals surface area contributed by atoms with E-state index in [2.05, 4.69) is 41.4 Å². The molecule has 0 aromatic carbocycles. The molecule has 0 saturated heterocycles. The van der Waals surface area contributed by atoms with Crippen LogP contribution in [0.5, 0.6) is 0 Å². The highest BCUT2D eigenvalue weighted by Gasteiger charge is 2.06. The van der Waals surface area contributed by atoms with Gasteiger partial charge >= 0.3 is 0 Å². The fraction of sp³-hybridized carbons (Fsp3) is 0.667. The molecule has 0 aliphatic heterocycles. The fourth-order valence-corrected chi connectivity index (χ4v) is 2.18. The van der Waals surface area contributed by atoms with E-state index in [1.807, 2.05) is 6.92 Å². The third kappa shape index (κ3) is 5.51. The molecular formula is C12H23IN4S. The molecule has 104 valence electrons. The number of guanidine groups is 1. The van der Waals surface area contributed by atoms with E-state index in [0.717, 1.165) is 29.6 Å². The molecule has 2 N–H and O–H groups in total. The minimum atomic E-state index is 0. The largest absolute Gasteiger partial charge is 0.354 e. The molecule has 0 bridgehead atoms. The lowest BCUT2D eigenvalue weighted by Gasteiger charge is -2.15. The Morgan fingerprint density at radius 3 is 2.56 bits per heavy atom. The third-order valence-corrected chi connectivity index (χ3v) is 3.77. The maximum Gasteiger partial charge on any atom is 0.191 e. The van der Waals surface area contributed by atoms with Gasteiger partial charge in [-0.25, -0.2) is 4.98 Å². The van der Waals surface area contributed by atoms with Crippen LogP contribution in [0.3, 0.4) is 0 Å². The molecule has 0 aliphatic carbocycles. The van der Waals surface area contributed by atoms with Crippen molar-refractivity contribution in [3.8, 4) is 0 Å². The molecule has 1 heterocycles. The van der Waals surface area contributed by atoms with Crippen LogP contribution in [0, 0.1) is 13.8 Å². The molecule has 1 rings (SSSR count). The van der Waals surface area contributed by atoms with E-state index in [1.54, 1.807) is 18.4 Å². The minimum Gasteiger partial charge on any atom is -0.354 e. The number of thiazole rings is 1. The summed E-state index contributed by atoms with van der Waals surface area (Å²) < 4.78 is 0. The van der Waals surface area contributed by atoms with E-state index in [-0.39, 0.29) is 24.0 Å². The van der Waals surface area contributed by atoms with E-state index in [4.69, 9.17) is 0 Å². The Hall–Kier alpha value is -0.370. The van der Waals surface area contributed by atoms with Gasteiger partial charge in [-0.3, -0.25) is 4.99 Å². The van der Waals surface area contributed by atoms with Crippen molar-refractivity contribution in [2.45, 2.75) is 46.7 Å². The number of hydrogen-bond acceptors (Lipinski definition) is 3. The zero-order valence-electron chi connectivity index (χ0n) is 11.7. The van der Waals surface area contributed by atoms with Gasteiger partial charge in [0.1, 0.15) is 5.01 Å². The average molecular weight is 382 g/mol. The topological polar surface area (TPSA) is 49.3 Å². The Morgan fingerprint density at radius 2 is 2.11 bits per heavy atom. The van der Waals surface area contributed by atoms with Crippen molar-refractivity contribution >= 4 is 41.3 Å². The van der Waals surface area contributed by atoms with Crippen LogP contribution in [-0.2, 0) is 6.54 Å². The molecule has 1 aromatic rings. The standard InChI is InChI=1S/C12H22N4S.HI/c1-6-8(2)15-12(13-5)14-7-11-16-9(3)10(4)17-11;/h8H,6-7H2,1-5H3,(H2,13,14,15);1H. The lowest BCUT2D eigenvalue weighted by Crippen LogP contribution is -2.41. The highest BCUT2D eigenvalue weighted by molar-refractivity contribution is 14.0. The van der Waals surface area contributed by atoms with Crippen LogP contribution in [0.1, 0.15) is 35.8 Å². The summed E-state index contributed by atoms with van der Waals surface area (Å²) >= 11 is 1.74. The first-order valence-corrected chi connectivity index (χ1v) is 6.78. The molecule has 18 heavy (non-hydrogen) atoms. The van der Waals surface area contributed by atoms with Gasteiger partial charge in [0.05, 0.1) is 12.2 Å². The van der Waals surface area contributed by atoms with E-state index in [1.165, 1.54) is 4.88 Å². The Morgan fingerprint density at radius 1 is 1.44 bits per heavy atom. The monoisotopic (exact) mass is 382 g/mol. The molecule has 6 heteroatoms. The SMILES string of the molecule is CCC(C)NC(=NC)NCc1nc(C)c(C)s1.I. The van der Waals surface area contributed by atoms with Gasteiger partial charge in [0.15, 0.2) is 5.96 Å². The quantitative estimate of drug-likeness (QED) is 0.478. The second kappa shape index (κ2) is 8.68. The van der Waals surface area contributed by atoms with Crippen LogP contribution in [-0.4, -0.2) is 24.0 Å². The number of halogens is 1. The zero-order valence-corrected chi connectivity index (χ0v) is 14.8. The summed E-state index contributed by atoms with van der Waals surface area (Å²) in [5.41, 5.74) is 1.12. The van der Waals surface area contributed by atoms with Crippen LogP contribution in [0.2, 0.25) is 0 Å². The first-order valence-electron chi connectivity index (χ1n) is 5.96. The zero-order chi connectivity index (χ0) is 12.8. The van der Waals surface area contributed by atoms with Gasteiger partial charge in [0.25, 0.3) is 0 Å². The average Bonchev–Trinajstić information content (AvgIpc) is 2.63. The van der Waals surface area contributed by atoms with Crippen LogP contribution >= 0.6 is 35.3 Å². The van der Waals surface area contributed by atoms with Crippen LogP contribution in [0.4, 0.5) is 0 Å². The molecule has 0 amide bonds. The summed E-state index contributed by atoms with van der Waals surface area (Å²) in [4.78, 5) is 9.96. The van der Waals surface area contributed by atoms with Crippen molar-refractivity contribution in [1.29, 1.82) is 0 Å². The van der Waals surface area contributed by atoms with Gasteiger partial charge in [-0.15, -0.1) is 35.3 Å². The van der Waals surface area contributed by atoms with Crippen molar-refractivity contribution < 1.29 is 0 Å². The summed E-state index contributed by atoms with van der Waals surface area (Å²) in [5, 5.41) is 7.71. The molecule has 0 aliphatic rings. The van der Waals surface area contributed by atoms with E-state index in [0.29, 0.717) is 6.04 Å². The summed E-state index contributed by atoms with van der Waals surface area (Å²) in [5.74, 6) is 0.838. The van der Waals surface area contributed by atoms with Gasteiger partial charge < -0.3 is 10.6 Å². The molecule has 1 aromatic heterocycles. The first kappa shape index (κ1) is 17.6. The number of hydrogen-bond donors (Lipinski definition) is 2. The Kier molecular flexibility index (Phi) is 8.51. The number of aryl methyl sites for hydroxylation is 2. The Labute approximate surface area is 131 Å². The molecule has 4 nitrogen and oxygen atoms in total. The van der Waals surface area contributed by atoms with Gasteiger partial charge in [-0.2, -0.15) is 0 Å². The summed E-state index contributed by atoms with van der Waals surface area (Å²) in [7, 11) is 1.79. The van der Waals surface area contributed by atoms with Gasteiger partial charge in [0, 0.05) is 18.0 Å². The van der Waals surface area contributed by atoms with Crippen LogP contribution < -0.4 is 10.6 Å². The highest BCUT2D eigenvalue weighted by Crippen LogP contribution is 2.15. The summed E-state index contributed by atoms with van der Waals surface area (Å²) in [6.07, 6.45) is 1.08. The summed E-state index contributed by atoms with van der Waals surface area (Å²) in [6, 6.07) is 0.431. The van der Waals surface area contributed by atoms with Crippen molar-refractivity contribution in [3.05, 3.63) is 15.6 Å². The van der Waals surface area contributed by atoms with E-state index < -0.39 is 0 Å². The second-order valence-electron chi connectivity index (χ2n) is 4.13. The van der Waals surface area contributed by atoms with E-state index in [9.17, 15) is 0 Å². The number of aromatic nitrogens is 1. The molecule has 1 unspecified atom stereocenters. The number of nitrogens with one attached hydrogen (secondary N) is 2. The predicted octanol–water partition coefficient (Wildman–Crippen LogP) is 2.84. The van der Waals surface area contributed by atoms with E-state index >= 15 is 0 Å². The van der Waals surface area contributed by atoms with Crippen molar-refractivity contribution in [1.82, 2.24) is 15.6 Å². The van der Waals surface area contributed by atoms with Crippen LogP contribution in [0.25, 0.3) is 0 Å². The normalized spacial score (nSPS) is 12.8. The van der Waals surface area contributed by atoms with Crippen molar-refractivity contribution in [3.63, 3.8) is 0 Å². The van der Waals surface area contributed by atoms with Gasteiger partial charge in [-0.1, -0.05) is 6.92 Å². The maximum atomic E-state index is 4.49. The van der Waals surface area contributed by atoms with Crippen LogP contribution in [0.15, 0.2) is 4.99 Å². The molecule has 1 atom stereocenters. The lowest BCUT2D eigenvalue weighted by atomic mass is 10.3. The second-order valence-corrected chi connectivity index (χ2v) is 5.42. The molecule has 0 saturated carbocycles. The lowest BCUT2D eigenvalue weighted by molar-refractivity contribution is 0.624. The number of aliphatic imine (C=N–C) groups is 1. The van der Waals surface area contributed by atoms with Gasteiger partial charge in [0.2, 0.25) is 0 Å². The molecular weight excluding hydrogens is 359 g/mol. The predicted molar refractivity (Wildman–Crippen MR) is 90.1 cm³/mol. The maximum absolute atomic E-state index is 4.49. The smallest absolute Gasteiger partial charge is 0.191 e. The Balaban J connectivity index is 0.00000289.